The van der Waals surface area contributed by atoms with Crippen LogP contribution in [0.1, 0.15) is 33.3 Å². The average molecular weight is 223 g/mol. The third kappa shape index (κ3) is 1.27. The van der Waals surface area contributed by atoms with E-state index in [9.17, 15) is 0 Å². The Balaban J connectivity index is 2.22. The number of rotatable bonds is 2. The maximum atomic E-state index is 6.76. The Morgan fingerprint density at radius 2 is 1.40 bits per heavy atom. The highest BCUT2D eigenvalue weighted by atomic mass is 35.5. The van der Waals surface area contributed by atoms with Gasteiger partial charge in [-0.1, -0.05) is 58.0 Å². The van der Waals surface area contributed by atoms with E-state index in [1.165, 1.54) is 5.56 Å². The summed E-state index contributed by atoms with van der Waals surface area (Å²) in [6.45, 7) is 9.07. The van der Waals surface area contributed by atoms with E-state index < -0.39 is 0 Å². The third-order valence-corrected chi connectivity index (χ3v) is 5.85. The van der Waals surface area contributed by atoms with Crippen LogP contribution in [0.2, 0.25) is 0 Å². The molecule has 0 aliphatic heterocycles. The Hall–Kier alpha value is -0.490. The molecule has 1 fully saturated rings. The first-order valence-electron chi connectivity index (χ1n) is 5.56. The molecule has 0 saturated heterocycles. The van der Waals surface area contributed by atoms with Gasteiger partial charge in [-0.2, -0.15) is 0 Å². The summed E-state index contributed by atoms with van der Waals surface area (Å²) in [6.07, 6.45) is 0.968. The topological polar surface area (TPSA) is 0 Å². The average Bonchev–Trinajstić information content (AvgIpc) is 2.46. The molecule has 0 spiro atoms. The van der Waals surface area contributed by atoms with Crippen LogP contribution in [0.4, 0.5) is 0 Å². The molecule has 15 heavy (non-hydrogen) atoms. The normalized spacial score (nSPS) is 24.9. The third-order valence-electron chi connectivity index (χ3n) is 4.77. The van der Waals surface area contributed by atoms with Gasteiger partial charge in [0, 0.05) is 0 Å². The molecule has 0 atom stereocenters. The van der Waals surface area contributed by atoms with Gasteiger partial charge in [0.2, 0.25) is 0 Å². The monoisotopic (exact) mass is 222 g/mol. The largest absolute Gasteiger partial charge is 0.118 e. The lowest BCUT2D eigenvalue weighted by atomic mass is 10.0. The second-order valence-corrected chi connectivity index (χ2v) is 6.36. The predicted octanol–water partition coefficient (Wildman–Crippen LogP) is 4.27. The minimum Gasteiger partial charge on any atom is -0.118 e. The van der Waals surface area contributed by atoms with E-state index in [1.807, 2.05) is 6.07 Å². The molecule has 0 aromatic heterocycles. The number of hydrogen-bond donors (Lipinski definition) is 0. The van der Waals surface area contributed by atoms with Crippen molar-refractivity contribution in [3.63, 3.8) is 0 Å². The molecule has 0 radical (unpaired) electrons. The summed E-state index contributed by atoms with van der Waals surface area (Å²) in [5, 5.41) is 0. The smallest absolute Gasteiger partial charge is 0.0599 e. The van der Waals surface area contributed by atoms with Gasteiger partial charge in [0.15, 0.2) is 0 Å². The Labute approximate surface area is 97.6 Å². The molecule has 1 saturated carbocycles. The Morgan fingerprint density at radius 3 is 1.80 bits per heavy atom. The van der Waals surface area contributed by atoms with Crippen molar-refractivity contribution in [2.75, 3.05) is 0 Å². The molecule has 2 rings (SSSR count). The van der Waals surface area contributed by atoms with Crippen molar-refractivity contribution < 1.29 is 0 Å². The van der Waals surface area contributed by atoms with E-state index >= 15 is 0 Å². The molecule has 1 aliphatic carbocycles. The highest BCUT2D eigenvalue weighted by Crippen LogP contribution is 2.75. The van der Waals surface area contributed by atoms with Gasteiger partial charge in [0.1, 0.15) is 0 Å². The predicted molar refractivity (Wildman–Crippen MR) is 66.3 cm³/mol. The van der Waals surface area contributed by atoms with Crippen molar-refractivity contribution in [1.82, 2.24) is 0 Å². The molecule has 0 heterocycles. The zero-order chi connectivity index (χ0) is 11.3. The van der Waals surface area contributed by atoms with Crippen molar-refractivity contribution in [2.24, 2.45) is 10.8 Å². The molecule has 1 aliphatic rings. The van der Waals surface area contributed by atoms with E-state index in [2.05, 4.69) is 52.0 Å². The van der Waals surface area contributed by atoms with E-state index in [-0.39, 0.29) is 15.7 Å². The number of hydrogen-bond acceptors (Lipinski definition) is 0. The van der Waals surface area contributed by atoms with Crippen LogP contribution in [0.3, 0.4) is 0 Å². The summed E-state index contributed by atoms with van der Waals surface area (Å²) in [5.41, 5.74) is 1.78. The van der Waals surface area contributed by atoms with Crippen molar-refractivity contribution in [3.05, 3.63) is 35.9 Å². The molecule has 0 amide bonds. The van der Waals surface area contributed by atoms with Gasteiger partial charge in [-0.15, -0.1) is 11.6 Å². The van der Waals surface area contributed by atoms with E-state index in [4.69, 9.17) is 11.6 Å². The molecule has 1 aromatic carbocycles. The van der Waals surface area contributed by atoms with Gasteiger partial charge in [-0.05, 0) is 22.8 Å². The molecule has 0 nitrogen and oxygen atoms in total. The van der Waals surface area contributed by atoms with Gasteiger partial charge < -0.3 is 0 Å². The first kappa shape index (κ1) is 11.0. The van der Waals surface area contributed by atoms with Crippen molar-refractivity contribution in [1.29, 1.82) is 0 Å². The molecule has 0 unspecified atom stereocenters. The maximum absolute atomic E-state index is 6.76. The lowest BCUT2D eigenvalue weighted by Gasteiger charge is -2.13. The molecule has 0 bridgehead atoms. The highest BCUT2D eigenvalue weighted by molar-refractivity contribution is 6.28. The van der Waals surface area contributed by atoms with Crippen molar-refractivity contribution in [2.45, 2.75) is 39.0 Å². The summed E-state index contributed by atoms with van der Waals surface area (Å²) in [6, 6.07) is 10.5. The summed E-state index contributed by atoms with van der Waals surface area (Å²) < 4.78 is 0. The zero-order valence-electron chi connectivity index (χ0n) is 9.97. The number of halogens is 1. The fourth-order valence-corrected chi connectivity index (χ4v) is 3.26. The molecule has 0 N–H and O–H groups in total. The Bertz CT molecular complexity index is 348. The standard InChI is InChI=1S/C14H19Cl/c1-12(2)13(3,4)14(12,15)10-11-8-6-5-7-9-11/h5-9H,10H2,1-4H3. The van der Waals surface area contributed by atoms with Crippen LogP contribution in [0.25, 0.3) is 0 Å². The van der Waals surface area contributed by atoms with Crippen LogP contribution in [0.5, 0.6) is 0 Å². The van der Waals surface area contributed by atoms with Crippen LogP contribution in [0.15, 0.2) is 30.3 Å². The van der Waals surface area contributed by atoms with Gasteiger partial charge in [0.25, 0.3) is 0 Å². The minimum atomic E-state index is -0.0820. The fourth-order valence-electron chi connectivity index (χ4n) is 2.68. The quantitative estimate of drug-likeness (QED) is 0.656. The van der Waals surface area contributed by atoms with Crippen LogP contribution in [0, 0.1) is 10.8 Å². The molecular weight excluding hydrogens is 204 g/mol. The van der Waals surface area contributed by atoms with Crippen LogP contribution in [-0.4, -0.2) is 4.87 Å². The fraction of sp³-hybridized carbons (Fsp3) is 0.571. The van der Waals surface area contributed by atoms with Crippen molar-refractivity contribution in [3.8, 4) is 0 Å². The maximum Gasteiger partial charge on any atom is 0.0599 e. The first-order chi connectivity index (χ1) is 6.83. The Morgan fingerprint density at radius 1 is 0.933 bits per heavy atom. The van der Waals surface area contributed by atoms with Crippen molar-refractivity contribution >= 4 is 11.6 Å². The first-order valence-corrected chi connectivity index (χ1v) is 5.93. The van der Waals surface area contributed by atoms with E-state index in [0.29, 0.717) is 0 Å². The second kappa shape index (κ2) is 3.01. The van der Waals surface area contributed by atoms with Crippen LogP contribution in [-0.2, 0) is 6.42 Å². The molecular formula is C14H19Cl. The van der Waals surface area contributed by atoms with E-state index in [0.717, 1.165) is 6.42 Å². The molecule has 1 aromatic rings. The van der Waals surface area contributed by atoms with Crippen LogP contribution >= 0.6 is 11.6 Å². The molecule has 1 heteroatoms. The van der Waals surface area contributed by atoms with Gasteiger partial charge >= 0.3 is 0 Å². The Kier molecular flexibility index (Phi) is 2.21. The van der Waals surface area contributed by atoms with E-state index in [1.54, 1.807) is 0 Å². The van der Waals surface area contributed by atoms with Gasteiger partial charge in [-0.25, -0.2) is 0 Å². The highest BCUT2D eigenvalue weighted by Gasteiger charge is 2.75. The summed E-state index contributed by atoms with van der Waals surface area (Å²) in [4.78, 5) is -0.0820. The number of benzene rings is 1. The second-order valence-electron chi connectivity index (χ2n) is 5.71. The lowest BCUT2D eigenvalue weighted by molar-refractivity contribution is 0.457. The number of alkyl halides is 1. The van der Waals surface area contributed by atoms with Gasteiger partial charge in [0.05, 0.1) is 4.87 Å². The summed E-state index contributed by atoms with van der Waals surface area (Å²) in [5.74, 6) is 0. The zero-order valence-corrected chi connectivity index (χ0v) is 10.7. The summed E-state index contributed by atoms with van der Waals surface area (Å²) >= 11 is 6.76. The van der Waals surface area contributed by atoms with Gasteiger partial charge in [-0.3, -0.25) is 0 Å². The molecule has 82 valence electrons. The van der Waals surface area contributed by atoms with Crippen LogP contribution < -0.4 is 0 Å². The lowest BCUT2D eigenvalue weighted by Crippen LogP contribution is -2.13. The summed E-state index contributed by atoms with van der Waals surface area (Å²) in [7, 11) is 0. The minimum absolute atomic E-state index is 0.0820. The SMILES string of the molecule is CC1(C)C(C)(C)C1(Cl)Cc1ccccc1.